The van der Waals surface area contributed by atoms with Gasteiger partial charge in [-0.25, -0.2) is 0 Å². The van der Waals surface area contributed by atoms with E-state index in [1.807, 2.05) is 22.5 Å². The third-order valence-corrected chi connectivity index (χ3v) is 5.62. The van der Waals surface area contributed by atoms with Crippen molar-refractivity contribution in [2.45, 2.75) is 38.4 Å². The van der Waals surface area contributed by atoms with Crippen LogP contribution in [0, 0.1) is 11.8 Å². The summed E-state index contributed by atoms with van der Waals surface area (Å²) < 4.78 is 3.90. The maximum absolute atomic E-state index is 12.4. The number of carbonyl (C=O) groups excluding carboxylic acids is 1. The Morgan fingerprint density at radius 3 is 2.84 bits per heavy atom. The predicted molar refractivity (Wildman–Crippen MR) is 89.7 cm³/mol. The number of likely N-dealkylation sites (tertiary alicyclic amines) is 1. The van der Waals surface area contributed by atoms with Gasteiger partial charge in [0.25, 0.3) is 5.91 Å². The van der Waals surface area contributed by atoms with Crippen molar-refractivity contribution in [2.75, 3.05) is 13.1 Å². The summed E-state index contributed by atoms with van der Waals surface area (Å²) in [6.45, 7) is 3.93. The Labute approximate surface area is 146 Å². The van der Waals surface area contributed by atoms with E-state index in [-0.39, 0.29) is 5.91 Å². The molecule has 0 radical (unpaired) electrons. The number of amides is 1. The molecule has 8 heteroatoms. The van der Waals surface area contributed by atoms with Gasteiger partial charge in [-0.1, -0.05) is 0 Å². The third-order valence-electron chi connectivity index (χ3n) is 5.62. The number of aromatic nitrogens is 5. The van der Waals surface area contributed by atoms with E-state index in [9.17, 15) is 4.79 Å². The highest BCUT2D eigenvalue weighted by Gasteiger charge is 2.39. The van der Waals surface area contributed by atoms with Gasteiger partial charge in [-0.05, 0) is 24.7 Å². The largest absolute Gasteiger partial charge is 0.347 e. The number of carbonyl (C=O) groups is 1. The van der Waals surface area contributed by atoms with Crippen LogP contribution in [0.5, 0.6) is 0 Å². The molecule has 0 unspecified atom stereocenters. The molecule has 5 rings (SSSR count). The lowest BCUT2D eigenvalue weighted by atomic mass is 9.89. The minimum absolute atomic E-state index is 0.0649. The number of nitrogens with zero attached hydrogens (tertiary/aromatic N) is 6. The second-order valence-corrected chi connectivity index (χ2v) is 7.74. The molecule has 1 saturated carbocycles. The molecule has 2 aromatic heterocycles. The summed E-state index contributed by atoms with van der Waals surface area (Å²) in [7, 11) is 1.95. The van der Waals surface area contributed by atoms with Crippen molar-refractivity contribution < 1.29 is 4.79 Å². The SMILES string of the molecule is Cn1cc(CN2C[C@H]3Cc4nnc(C(=O)NC5CC5)n4C[C@@H]3C2)cn1. The Bertz CT molecular complexity index is 806. The molecule has 0 spiro atoms. The highest BCUT2D eigenvalue weighted by molar-refractivity contribution is 5.91. The van der Waals surface area contributed by atoms with Crippen LogP contribution in [0.15, 0.2) is 12.4 Å². The molecule has 0 bridgehead atoms. The average Bonchev–Trinajstić information content (AvgIpc) is 2.98. The van der Waals surface area contributed by atoms with Crippen LogP contribution in [0.2, 0.25) is 0 Å². The van der Waals surface area contributed by atoms with Crippen LogP contribution in [-0.4, -0.2) is 54.5 Å². The van der Waals surface area contributed by atoms with Gasteiger partial charge in [0.1, 0.15) is 5.82 Å². The van der Waals surface area contributed by atoms with Gasteiger partial charge in [0.15, 0.2) is 0 Å². The molecule has 1 amide bonds. The van der Waals surface area contributed by atoms with E-state index in [0.717, 1.165) is 51.3 Å². The molecule has 4 heterocycles. The predicted octanol–water partition coefficient (Wildman–Crippen LogP) is 0.208. The van der Waals surface area contributed by atoms with Crippen LogP contribution < -0.4 is 5.32 Å². The standard InChI is InChI=1S/C17H23N7O/c1-22-6-11(5-18-22)7-23-8-12-4-15-20-21-16(17(25)19-14-2-3-14)24(15)10-13(12)9-23/h5-6,12-14H,2-4,7-10H2,1H3,(H,19,25)/t12-,13+/m1/s1. The number of aryl methyl sites for hydroxylation is 1. The first-order valence-electron chi connectivity index (χ1n) is 9.08. The molecule has 3 aliphatic rings. The van der Waals surface area contributed by atoms with E-state index in [1.54, 1.807) is 0 Å². The molecular formula is C17H23N7O. The number of hydrogen-bond donors (Lipinski definition) is 1. The van der Waals surface area contributed by atoms with Crippen LogP contribution >= 0.6 is 0 Å². The lowest BCUT2D eigenvalue weighted by Crippen LogP contribution is -2.33. The molecular weight excluding hydrogens is 318 g/mol. The summed E-state index contributed by atoms with van der Waals surface area (Å²) in [5.74, 6) is 2.56. The molecule has 0 aromatic carbocycles. The van der Waals surface area contributed by atoms with Gasteiger partial charge < -0.3 is 9.88 Å². The quantitative estimate of drug-likeness (QED) is 0.860. The van der Waals surface area contributed by atoms with Gasteiger partial charge in [0.05, 0.1) is 6.20 Å². The topological polar surface area (TPSA) is 80.9 Å². The van der Waals surface area contributed by atoms with Crippen LogP contribution in [0.4, 0.5) is 0 Å². The summed E-state index contributed by atoms with van der Waals surface area (Å²) in [6, 6.07) is 0.346. The maximum atomic E-state index is 12.4. The lowest BCUT2D eigenvalue weighted by Gasteiger charge is -2.25. The van der Waals surface area contributed by atoms with Crippen molar-refractivity contribution >= 4 is 5.91 Å². The molecule has 1 aliphatic carbocycles. The molecule has 2 aliphatic heterocycles. The van der Waals surface area contributed by atoms with E-state index < -0.39 is 0 Å². The number of fused-ring (bicyclic) bond motifs is 2. The van der Waals surface area contributed by atoms with Crippen LogP contribution in [-0.2, 0) is 26.6 Å². The van der Waals surface area contributed by atoms with E-state index >= 15 is 0 Å². The van der Waals surface area contributed by atoms with E-state index in [1.165, 1.54) is 5.56 Å². The van der Waals surface area contributed by atoms with Gasteiger partial charge in [0, 0.05) is 57.4 Å². The Hall–Kier alpha value is -2.22. The Kier molecular flexibility index (Phi) is 3.41. The van der Waals surface area contributed by atoms with E-state index in [4.69, 9.17) is 0 Å². The Balaban J connectivity index is 1.28. The number of rotatable bonds is 4. The third kappa shape index (κ3) is 2.84. The van der Waals surface area contributed by atoms with Gasteiger partial charge >= 0.3 is 0 Å². The first-order valence-corrected chi connectivity index (χ1v) is 9.08. The molecule has 2 fully saturated rings. The summed E-state index contributed by atoms with van der Waals surface area (Å²) in [5, 5.41) is 15.8. The first kappa shape index (κ1) is 15.1. The zero-order chi connectivity index (χ0) is 17.0. The smallest absolute Gasteiger partial charge is 0.289 e. The van der Waals surface area contributed by atoms with Gasteiger partial charge in [0.2, 0.25) is 5.82 Å². The van der Waals surface area contributed by atoms with Crippen LogP contribution in [0.1, 0.15) is 34.8 Å². The van der Waals surface area contributed by atoms with Gasteiger partial charge in [-0.2, -0.15) is 5.10 Å². The summed E-state index contributed by atoms with van der Waals surface area (Å²) in [6.07, 6.45) is 7.11. The molecule has 1 N–H and O–H groups in total. The minimum atomic E-state index is -0.0649. The second kappa shape index (κ2) is 5.66. The van der Waals surface area contributed by atoms with Crippen molar-refractivity contribution in [3.63, 3.8) is 0 Å². The average molecular weight is 341 g/mol. The zero-order valence-corrected chi connectivity index (χ0v) is 14.4. The van der Waals surface area contributed by atoms with Gasteiger partial charge in [-0.3, -0.25) is 14.4 Å². The van der Waals surface area contributed by atoms with Crippen molar-refractivity contribution in [1.29, 1.82) is 0 Å². The molecule has 1 saturated heterocycles. The highest BCUT2D eigenvalue weighted by Crippen LogP contribution is 2.33. The number of nitrogens with one attached hydrogen (secondary N) is 1. The molecule has 25 heavy (non-hydrogen) atoms. The first-order chi connectivity index (χ1) is 12.2. The molecule has 2 aromatic rings. The van der Waals surface area contributed by atoms with E-state index in [0.29, 0.717) is 23.7 Å². The van der Waals surface area contributed by atoms with Gasteiger partial charge in [-0.15, -0.1) is 10.2 Å². The molecule has 2 atom stereocenters. The Morgan fingerprint density at radius 1 is 1.24 bits per heavy atom. The molecule has 8 nitrogen and oxygen atoms in total. The minimum Gasteiger partial charge on any atom is -0.347 e. The maximum Gasteiger partial charge on any atom is 0.289 e. The van der Waals surface area contributed by atoms with Crippen molar-refractivity contribution in [3.8, 4) is 0 Å². The van der Waals surface area contributed by atoms with Crippen LogP contribution in [0.25, 0.3) is 0 Å². The number of hydrogen-bond acceptors (Lipinski definition) is 5. The summed E-state index contributed by atoms with van der Waals surface area (Å²) in [4.78, 5) is 14.9. The van der Waals surface area contributed by atoms with Crippen LogP contribution in [0.3, 0.4) is 0 Å². The van der Waals surface area contributed by atoms with E-state index in [2.05, 4.69) is 31.7 Å². The second-order valence-electron chi connectivity index (χ2n) is 7.74. The highest BCUT2D eigenvalue weighted by atomic mass is 16.2. The fourth-order valence-corrected chi connectivity index (χ4v) is 4.21. The summed E-state index contributed by atoms with van der Waals surface area (Å²) >= 11 is 0. The fourth-order valence-electron chi connectivity index (χ4n) is 4.21. The lowest BCUT2D eigenvalue weighted by molar-refractivity contribution is 0.0932. The van der Waals surface area contributed by atoms with Crippen molar-refractivity contribution in [1.82, 2.24) is 34.8 Å². The Morgan fingerprint density at radius 2 is 2.08 bits per heavy atom. The monoisotopic (exact) mass is 341 g/mol. The van der Waals surface area contributed by atoms with Crippen molar-refractivity contribution in [3.05, 3.63) is 29.6 Å². The molecule has 132 valence electrons. The van der Waals surface area contributed by atoms with Crippen molar-refractivity contribution in [2.24, 2.45) is 18.9 Å². The zero-order valence-electron chi connectivity index (χ0n) is 14.4. The fraction of sp³-hybridized carbons (Fsp3) is 0.647. The normalized spacial score (nSPS) is 25.6. The summed E-state index contributed by atoms with van der Waals surface area (Å²) in [5.41, 5.74) is 1.25.